The van der Waals surface area contributed by atoms with E-state index in [1.54, 1.807) is 25.3 Å². The normalized spacial score (nSPS) is 28.2. The number of amides is 1. The van der Waals surface area contributed by atoms with E-state index in [-0.39, 0.29) is 41.6 Å². The number of carbonyl (C=O) groups excluding carboxylic acids is 1. The number of methoxy groups -OCH3 is 1. The van der Waals surface area contributed by atoms with Crippen LogP contribution >= 0.6 is 23.2 Å². The number of phenols is 1. The third-order valence-corrected chi connectivity index (χ3v) is 7.91. The molecule has 1 saturated heterocycles. The summed E-state index contributed by atoms with van der Waals surface area (Å²) in [6.45, 7) is 1.89. The number of carbonyl (C=O) groups is 1. The third-order valence-electron chi connectivity index (χ3n) is 7.17. The summed E-state index contributed by atoms with van der Waals surface area (Å²) < 4.78 is 5.97. The Bertz CT molecular complexity index is 985. The summed E-state index contributed by atoms with van der Waals surface area (Å²) >= 11 is 12.1. The van der Waals surface area contributed by atoms with Gasteiger partial charge in [0.05, 0.1) is 22.6 Å². The molecule has 1 aliphatic heterocycles. The molecule has 2 aromatic rings. The van der Waals surface area contributed by atoms with Gasteiger partial charge in [-0.1, -0.05) is 41.4 Å². The van der Waals surface area contributed by atoms with Crippen LogP contribution in [0.3, 0.4) is 0 Å². The van der Waals surface area contributed by atoms with Crippen molar-refractivity contribution >= 4 is 29.1 Å². The number of halogens is 2. The average molecular weight is 477 g/mol. The van der Waals surface area contributed by atoms with Crippen molar-refractivity contribution in [2.75, 3.05) is 27.2 Å². The van der Waals surface area contributed by atoms with Crippen molar-refractivity contribution < 1.29 is 14.6 Å². The Morgan fingerprint density at radius 1 is 1.25 bits per heavy atom. The fourth-order valence-electron chi connectivity index (χ4n) is 5.65. The lowest BCUT2D eigenvalue weighted by molar-refractivity contribution is -0.123. The number of aromatic hydroxyl groups is 1. The lowest BCUT2D eigenvalue weighted by Crippen LogP contribution is -2.60. The molecule has 0 spiro atoms. The van der Waals surface area contributed by atoms with Gasteiger partial charge in [-0.2, -0.15) is 0 Å². The van der Waals surface area contributed by atoms with Crippen molar-refractivity contribution in [3.05, 3.63) is 63.6 Å². The van der Waals surface area contributed by atoms with Crippen molar-refractivity contribution in [2.24, 2.45) is 5.92 Å². The van der Waals surface area contributed by atoms with Gasteiger partial charge >= 0.3 is 0 Å². The zero-order valence-corrected chi connectivity index (χ0v) is 20.0. The van der Waals surface area contributed by atoms with Crippen LogP contribution in [0.25, 0.3) is 0 Å². The van der Waals surface area contributed by atoms with Crippen molar-refractivity contribution in [3.63, 3.8) is 0 Å². The number of phenolic OH excluding ortho intramolecular Hbond substituents is 1. The molecule has 5 nitrogen and oxygen atoms in total. The number of piperidine rings is 1. The number of hydrogen-bond acceptors (Lipinski definition) is 4. The van der Waals surface area contributed by atoms with E-state index in [1.807, 2.05) is 18.2 Å². The van der Waals surface area contributed by atoms with Crippen LogP contribution in [0.2, 0.25) is 10.0 Å². The molecule has 1 amide bonds. The minimum atomic E-state index is -0.161. The number of nitrogens with one attached hydrogen (secondary N) is 1. The van der Waals surface area contributed by atoms with Crippen molar-refractivity contribution in [3.8, 4) is 5.75 Å². The van der Waals surface area contributed by atoms with Crippen LogP contribution in [-0.2, 0) is 21.4 Å². The topological polar surface area (TPSA) is 61.8 Å². The zero-order valence-electron chi connectivity index (χ0n) is 18.5. The molecule has 0 bridgehead atoms. The fraction of sp³-hybridized carbons (Fsp3) is 0.480. The standard InChI is InChI=1S/C25H30Cl2N2O3/c1-29-9-8-25(17-4-3-5-19(30)12-17)14-18(13-23(32-2)20(25)15-29)28-24(31)11-16-6-7-21(26)22(27)10-16/h3-7,10,12,18,20,23,30H,8-9,11,13-15H2,1-2H3,(H,28,31)/t18-,20?,23?,25?/m1/s1. The summed E-state index contributed by atoms with van der Waals surface area (Å²) in [6.07, 6.45) is 2.81. The van der Waals surface area contributed by atoms with Gasteiger partial charge in [-0.25, -0.2) is 0 Å². The highest BCUT2D eigenvalue weighted by atomic mass is 35.5. The summed E-state index contributed by atoms with van der Waals surface area (Å²) in [7, 11) is 3.90. The molecule has 3 unspecified atom stereocenters. The molecule has 172 valence electrons. The third kappa shape index (κ3) is 4.76. The van der Waals surface area contributed by atoms with Gasteiger partial charge in [0.25, 0.3) is 0 Å². The molecule has 2 aromatic carbocycles. The monoisotopic (exact) mass is 476 g/mol. The fourth-order valence-corrected chi connectivity index (χ4v) is 5.97. The van der Waals surface area contributed by atoms with Crippen LogP contribution in [0.15, 0.2) is 42.5 Å². The zero-order chi connectivity index (χ0) is 22.9. The molecule has 2 fully saturated rings. The van der Waals surface area contributed by atoms with E-state index < -0.39 is 0 Å². The molecule has 1 saturated carbocycles. The van der Waals surface area contributed by atoms with Gasteiger partial charge in [0, 0.05) is 31.0 Å². The molecule has 4 atom stereocenters. The number of fused-ring (bicyclic) bond motifs is 1. The van der Waals surface area contributed by atoms with Gasteiger partial charge < -0.3 is 20.1 Å². The first kappa shape index (κ1) is 23.4. The van der Waals surface area contributed by atoms with Gasteiger partial charge in [0.15, 0.2) is 0 Å². The minimum Gasteiger partial charge on any atom is -0.508 e. The number of hydrogen-bond donors (Lipinski definition) is 2. The first-order valence-corrected chi connectivity index (χ1v) is 11.8. The maximum atomic E-state index is 12.9. The van der Waals surface area contributed by atoms with Gasteiger partial charge in [-0.05, 0) is 68.2 Å². The highest BCUT2D eigenvalue weighted by molar-refractivity contribution is 6.42. The van der Waals surface area contributed by atoms with Crippen LogP contribution in [0.4, 0.5) is 0 Å². The van der Waals surface area contributed by atoms with E-state index in [0.717, 1.165) is 43.5 Å². The van der Waals surface area contributed by atoms with Gasteiger partial charge in [-0.3, -0.25) is 4.79 Å². The first-order chi connectivity index (χ1) is 15.3. The summed E-state index contributed by atoms with van der Waals surface area (Å²) in [5.74, 6) is 0.520. The molecule has 2 N–H and O–H groups in total. The highest BCUT2D eigenvalue weighted by Gasteiger charge is 2.52. The quantitative estimate of drug-likeness (QED) is 0.669. The van der Waals surface area contributed by atoms with Crippen LogP contribution < -0.4 is 5.32 Å². The number of rotatable bonds is 5. The lowest BCUT2D eigenvalue weighted by Gasteiger charge is -2.55. The maximum absolute atomic E-state index is 12.9. The van der Waals surface area contributed by atoms with Crippen molar-refractivity contribution in [1.29, 1.82) is 0 Å². The van der Waals surface area contributed by atoms with Crippen LogP contribution in [0.5, 0.6) is 5.75 Å². The molecule has 1 aliphatic carbocycles. The second kappa shape index (κ2) is 9.60. The smallest absolute Gasteiger partial charge is 0.224 e. The Balaban J connectivity index is 1.57. The van der Waals surface area contributed by atoms with Crippen LogP contribution in [0, 0.1) is 5.92 Å². The lowest BCUT2D eigenvalue weighted by atomic mass is 9.57. The number of likely N-dealkylation sites (tertiary alicyclic amines) is 1. The highest BCUT2D eigenvalue weighted by Crippen LogP contribution is 2.50. The molecular weight excluding hydrogens is 447 g/mol. The Hall–Kier alpha value is -1.79. The molecule has 0 radical (unpaired) electrons. The SMILES string of the molecule is COC1C[C@@H](NC(=O)Cc2ccc(Cl)c(Cl)c2)CC2(c3cccc(O)c3)CCN(C)CC12. The largest absolute Gasteiger partial charge is 0.508 e. The first-order valence-electron chi connectivity index (χ1n) is 11.0. The summed E-state index contributed by atoms with van der Waals surface area (Å²) in [4.78, 5) is 15.3. The molecule has 32 heavy (non-hydrogen) atoms. The van der Waals surface area contributed by atoms with Gasteiger partial charge in [-0.15, -0.1) is 0 Å². The number of ether oxygens (including phenoxy) is 1. The van der Waals surface area contributed by atoms with Gasteiger partial charge in [0.1, 0.15) is 5.75 Å². The number of nitrogens with zero attached hydrogens (tertiary/aromatic N) is 1. The van der Waals surface area contributed by atoms with Crippen LogP contribution in [0.1, 0.15) is 30.4 Å². The second-order valence-electron chi connectivity index (χ2n) is 9.23. The summed E-state index contributed by atoms with van der Waals surface area (Å²) in [5, 5.41) is 14.4. The van der Waals surface area contributed by atoms with E-state index in [1.165, 1.54) is 0 Å². The summed E-state index contributed by atoms with van der Waals surface area (Å²) in [6, 6.07) is 12.9. The minimum absolute atomic E-state index is 0.0165. The second-order valence-corrected chi connectivity index (χ2v) is 10.0. The molecule has 2 aliphatic rings. The van der Waals surface area contributed by atoms with E-state index in [4.69, 9.17) is 27.9 Å². The predicted molar refractivity (Wildman–Crippen MR) is 128 cm³/mol. The molecular formula is C25H30Cl2N2O3. The van der Waals surface area contributed by atoms with E-state index >= 15 is 0 Å². The average Bonchev–Trinajstić information content (AvgIpc) is 2.76. The number of benzene rings is 2. The summed E-state index contributed by atoms with van der Waals surface area (Å²) in [5.41, 5.74) is 1.79. The maximum Gasteiger partial charge on any atom is 0.224 e. The van der Waals surface area contributed by atoms with E-state index in [2.05, 4.69) is 23.3 Å². The Morgan fingerprint density at radius 3 is 2.78 bits per heavy atom. The Kier molecular flexibility index (Phi) is 7.01. The van der Waals surface area contributed by atoms with Crippen molar-refractivity contribution in [1.82, 2.24) is 10.2 Å². The van der Waals surface area contributed by atoms with Crippen molar-refractivity contribution in [2.45, 2.75) is 43.2 Å². The molecule has 7 heteroatoms. The Labute approximate surface area is 199 Å². The predicted octanol–water partition coefficient (Wildman–Crippen LogP) is 4.42. The van der Waals surface area contributed by atoms with Crippen LogP contribution in [-0.4, -0.2) is 55.3 Å². The molecule has 1 heterocycles. The molecule has 4 rings (SSSR count). The van der Waals surface area contributed by atoms with Gasteiger partial charge in [0.2, 0.25) is 5.91 Å². The van der Waals surface area contributed by atoms with E-state index in [0.29, 0.717) is 10.0 Å². The molecule has 0 aromatic heterocycles. The Morgan fingerprint density at radius 2 is 2.06 bits per heavy atom. The van der Waals surface area contributed by atoms with E-state index in [9.17, 15) is 9.90 Å².